The summed E-state index contributed by atoms with van der Waals surface area (Å²) in [6.45, 7) is 5.77. The second-order valence-corrected chi connectivity index (χ2v) is 9.63. The molecule has 1 saturated heterocycles. The molecule has 1 aromatic carbocycles. The number of rotatable bonds is 4. The van der Waals surface area contributed by atoms with E-state index in [0.29, 0.717) is 23.9 Å². The second kappa shape index (κ2) is 7.08. The zero-order chi connectivity index (χ0) is 22.9. The molecule has 3 N–H and O–H groups in total. The van der Waals surface area contributed by atoms with E-state index in [2.05, 4.69) is 27.1 Å². The molecule has 9 heteroatoms. The van der Waals surface area contributed by atoms with Gasteiger partial charge in [-0.25, -0.2) is 14.4 Å². The van der Waals surface area contributed by atoms with Crippen molar-refractivity contribution in [1.29, 1.82) is 0 Å². The molecule has 6 rings (SSSR count). The topological polar surface area (TPSA) is 102 Å². The number of hydrogen-bond acceptors (Lipinski definition) is 8. The van der Waals surface area contributed by atoms with Gasteiger partial charge in [-0.05, 0) is 47.9 Å². The summed E-state index contributed by atoms with van der Waals surface area (Å²) in [6.07, 6.45) is 4.79. The Labute approximate surface area is 191 Å². The van der Waals surface area contributed by atoms with Gasteiger partial charge >= 0.3 is 6.01 Å². The monoisotopic (exact) mass is 447 g/mol. The maximum Gasteiger partial charge on any atom is 0.324 e. The maximum absolute atomic E-state index is 14.5. The summed E-state index contributed by atoms with van der Waals surface area (Å²) in [5.74, 6) is 2.03. The molecule has 2 aliphatic carbocycles. The van der Waals surface area contributed by atoms with Crippen molar-refractivity contribution in [2.45, 2.75) is 32.7 Å². The summed E-state index contributed by atoms with van der Waals surface area (Å²) >= 11 is 0. The highest BCUT2D eigenvalue weighted by atomic mass is 19.1. The lowest BCUT2D eigenvalue weighted by Crippen LogP contribution is -2.53. The molecule has 170 valence electrons. The number of nitrogens with one attached hydrogen (secondary N) is 1. The number of halogens is 1. The fraction of sp³-hybridized carbons (Fsp3) is 0.417. The highest BCUT2D eigenvalue weighted by Crippen LogP contribution is 2.54. The minimum absolute atomic E-state index is 0.169. The van der Waals surface area contributed by atoms with Crippen molar-refractivity contribution in [3.63, 3.8) is 0 Å². The molecular weight excluding hydrogens is 421 g/mol. The minimum atomic E-state index is -0.287. The maximum atomic E-state index is 14.5. The van der Waals surface area contributed by atoms with E-state index in [-0.39, 0.29) is 23.3 Å². The first-order chi connectivity index (χ1) is 15.8. The van der Waals surface area contributed by atoms with E-state index in [1.807, 2.05) is 6.92 Å². The number of benzene rings is 1. The number of anilines is 2. The predicted octanol–water partition coefficient (Wildman–Crippen LogP) is 3.29. The molecule has 3 aliphatic rings. The van der Waals surface area contributed by atoms with Gasteiger partial charge in [0.05, 0.1) is 18.1 Å². The summed E-state index contributed by atoms with van der Waals surface area (Å²) in [5, 5.41) is 3.12. The Morgan fingerprint density at radius 1 is 1.24 bits per heavy atom. The van der Waals surface area contributed by atoms with Crippen molar-refractivity contribution in [1.82, 2.24) is 19.9 Å². The van der Waals surface area contributed by atoms with Gasteiger partial charge in [0, 0.05) is 43.9 Å². The molecule has 2 fully saturated rings. The molecule has 2 aromatic heterocycles. The molecule has 1 aliphatic heterocycles. The molecule has 0 unspecified atom stereocenters. The van der Waals surface area contributed by atoms with Crippen LogP contribution in [-0.2, 0) is 6.42 Å². The zero-order valence-electron chi connectivity index (χ0n) is 18.9. The molecule has 0 spiro atoms. The first-order valence-electron chi connectivity index (χ1n) is 11.2. The van der Waals surface area contributed by atoms with E-state index in [1.165, 1.54) is 6.07 Å². The van der Waals surface area contributed by atoms with Gasteiger partial charge in [-0.15, -0.1) is 0 Å². The molecule has 3 aromatic rings. The van der Waals surface area contributed by atoms with E-state index >= 15 is 0 Å². The SMILES string of the molecule is CNc1cc(F)cc2c1Cc1nc(Oc3cnc(C)nc3)nc(N3C[C@H]4[C@@H](N)C[C@@]4(C)C3)c1-2. The van der Waals surface area contributed by atoms with Crippen LogP contribution in [0.5, 0.6) is 11.8 Å². The summed E-state index contributed by atoms with van der Waals surface area (Å²) in [5.41, 5.74) is 10.8. The van der Waals surface area contributed by atoms with E-state index in [9.17, 15) is 4.39 Å². The van der Waals surface area contributed by atoms with E-state index < -0.39 is 0 Å². The van der Waals surface area contributed by atoms with Crippen molar-refractivity contribution >= 4 is 11.5 Å². The van der Waals surface area contributed by atoms with Crippen LogP contribution in [0, 0.1) is 24.1 Å². The lowest BCUT2D eigenvalue weighted by atomic mass is 9.60. The van der Waals surface area contributed by atoms with E-state index in [0.717, 1.165) is 53.4 Å². The average Bonchev–Trinajstić information content (AvgIpc) is 3.28. The van der Waals surface area contributed by atoms with Crippen molar-refractivity contribution in [3.05, 3.63) is 47.4 Å². The van der Waals surface area contributed by atoms with E-state index in [1.54, 1.807) is 25.5 Å². The summed E-state index contributed by atoms with van der Waals surface area (Å²) in [4.78, 5) is 20.2. The number of fused-ring (bicyclic) bond motifs is 4. The van der Waals surface area contributed by atoms with Crippen molar-refractivity contribution in [2.24, 2.45) is 17.1 Å². The number of hydrogen-bond donors (Lipinski definition) is 2. The predicted molar refractivity (Wildman–Crippen MR) is 123 cm³/mol. The molecule has 3 heterocycles. The Kier molecular flexibility index (Phi) is 4.35. The second-order valence-electron chi connectivity index (χ2n) is 9.63. The fourth-order valence-electron chi connectivity index (χ4n) is 5.76. The molecule has 0 bridgehead atoms. The first kappa shape index (κ1) is 20.3. The number of nitrogens with zero attached hydrogens (tertiary/aromatic N) is 5. The van der Waals surface area contributed by atoms with Gasteiger partial charge in [0.15, 0.2) is 5.75 Å². The number of nitrogens with two attached hydrogens (primary N) is 1. The molecule has 0 radical (unpaired) electrons. The molecule has 0 amide bonds. The van der Waals surface area contributed by atoms with Crippen LogP contribution in [0.15, 0.2) is 24.5 Å². The van der Waals surface area contributed by atoms with Gasteiger partial charge in [-0.2, -0.15) is 9.97 Å². The molecule has 33 heavy (non-hydrogen) atoms. The van der Waals surface area contributed by atoms with Gasteiger partial charge in [-0.3, -0.25) is 0 Å². The summed E-state index contributed by atoms with van der Waals surface area (Å²) in [7, 11) is 1.80. The third kappa shape index (κ3) is 3.13. The van der Waals surface area contributed by atoms with Crippen LogP contribution in [0.25, 0.3) is 11.1 Å². The van der Waals surface area contributed by atoms with Crippen LogP contribution in [0.1, 0.15) is 30.4 Å². The quantitative estimate of drug-likeness (QED) is 0.491. The van der Waals surface area contributed by atoms with Gasteiger partial charge < -0.3 is 20.7 Å². The van der Waals surface area contributed by atoms with Crippen molar-refractivity contribution < 1.29 is 9.13 Å². The van der Waals surface area contributed by atoms with Crippen molar-refractivity contribution in [2.75, 3.05) is 30.4 Å². The van der Waals surface area contributed by atoms with Crippen LogP contribution in [0.2, 0.25) is 0 Å². The van der Waals surface area contributed by atoms with Gasteiger partial charge in [0.25, 0.3) is 0 Å². The van der Waals surface area contributed by atoms with Crippen molar-refractivity contribution in [3.8, 4) is 22.9 Å². The lowest BCUT2D eigenvalue weighted by molar-refractivity contribution is 0.0771. The Morgan fingerprint density at radius 3 is 2.73 bits per heavy atom. The zero-order valence-corrected chi connectivity index (χ0v) is 18.9. The Balaban J connectivity index is 1.47. The van der Waals surface area contributed by atoms with Gasteiger partial charge in [0.1, 0.15) is 17.5 Å². The Hall–Kier alpha value is -3.33. The normalized spacial score (nSPS) is 24.7. The lowest BCUT2D eigenvalue weighted by Gasteiger charge is -2.46. The number of aromatic nitrogens is 4. The number of ether oxygens (including phenoxy) is 1. The van der Waals surface area contributed by atoms with Crippen LogP contribution in [0.3, 0.4) is 0 Å². The van der Waals surface area contributed by atoms with Crippen LogP contribution < -0.4 is 20.7 Å². The standard InChI is InChI=1S/C24H26FN7O/c1-12-28-8-14(9-29-12)33-23-30-20-6-15-16(4-13(25)5-19(15)27-3)21(20)22(31-23)32-10-17-18(26)7-24(17,2)11-32/h4-5,8-9,17-18,27H,6-7,10-11,26H2,1-3H3/t17-,18-,24-/m0/s1. The highest BCUT2D eigenvalue weighted by molar-refractivity contribution is 5.88. The number of aryl methyl sites for hydroxylation is 1. The smallest absolute Gasteiger partial charge is 0.324 e. The molecule has 1 saturated carbocycles. The third-order valence-electron chi connectivity index (χ3n) is 7.39. The fourth-order valence-corrected chi connectivity index (χ4v) is 5.76. The first-order valence-corrected chi connectivity index (χ1v) is 11.2. The molecule has 3 atom stereocenters. The van der Waals surface area contributed by atoms with Crippen LogP contribution >= 0.6 is 0 Å². The van der Waals surface area contributed by atoms with Crippen LogP contribution in [0.4, 0.5) is 15.9 Å². The van der Waals surface area contributed by atoms with Crippen LogP contribution in [-0.4, -0.2) is 46.1 Å². The van der Waals surface area contributed by atoms with Gasteiger partial charge in [0.2, 0.25) is 0 Å². The highest BCUT2D eigenvalue weighted by Gasteiger charge is 2.55. The molecule has 8 nitrogen and oxygen atoms in total. The Bertz CT molecular complexity index is 1260. The summed E-state index contributed by atoms with van der Waals surface area (Å²) < 4.78 is 20.5. The third-order valence-corrected chi connectivity index (χ3v) is 7.39. The summed E-state index contributed by atoms with van der Waals surface area (Å²) in [6, 6.07) is 3.55. The van der Waals surface area contributed by atoms with E-state index in [4.69, 9.17) is 20.4 Å². The minimum Gasteiger partial charge on any atom is -0.421 e. The largest absolute Gasteiger partial charge is 0.421 e. The van der Waals surface area contributed by atoms with Gasteiger partial charge in [-0.1, -0.05) is 6.92 Å². The average molecular weight is 448 g/mol. The molecular formula is C24H26FN7O. The Morgan fingerprint density at radius 2 is 2.03 bits per heavy atom.